The first-order valence-corrected chi connectivity index (χ1v) is 14.1. The third-order valence-corrected chi connectivity index (χ3v) is 8.36. The van der Waals surface area contributed by atoms with Gasteiger partial charge in [-0.15, -0.1) is 0 Å². The highest BCUT2D eigenvalue weighted by atomic mass is 31.3. The summed E-state index contributed by atoms with van der Waals surface area (Å²) >= 11 is 0. The zero-order chi connectivity index (χ0) is 28.7. The first kappa shape index (κ1) is 29.8. The average Bonchev–Trinajstić information content (AvgIpc) is 3.47. The Morgan fingerprint density at radius 3 is 2.31 bits per heavy atom. The minimum atomic E-state index is -5.34. The second kappa shape index (κ2) is 11.4. The largest absolute Gasteiger partial charge is 0.481 e. The van der Waals surface area contributed by atoms with Crippen LogP contribution in [0, 0.1) is 0 Å². The van der Waals surface area contributed by atoms with Crippen LogP contribution >= 0.6 is 15.6 Å². The lowest BCUT2D eigenvalue weighted by atomic mass is 10.1. The molecule has 20 nitrogen and oxygen atoms in total. The maximum atomic E-state index is 12.3. The molecule has 4 rings (SSSR count). The van der Waals surface area contributed by atoms with Gasteiger partial charge in [0.1, 0.15) is 42.4 Å². The van der Waals surface area contributed by atoms with Gasteiger partial charge in [0.2, 0.25) is 5.91 Å². The van der Waals surface area contributed by atoms with Crippen LogP contribution in [-0.4, -0.2) is 112 Å². The number of nitrogens with zero attached hydrogens (tertiary/aromatic N) is 4. The molecule has 2 aliphatic rings. The fourth-order valence-electron chi connectivity index (χ4n) is 3.96. The first-order chi connectivity index (χ1) is 18.2. The third-order valence-electron chi connectivity index (χ3n) is 5.75. The number of fused-ring (bicyclic) bond motifs is 1. The molecule has 2 aromatic heterocycles. The zero-order valence-electron chi connectivity index (χ0n) is 19.9. The van der Waals surface area contributed by atoms with Crippen molar-refractivity contribution in [2.45, 2.75) is 56.0 Å². The normalized spacial score (nSPS) is 34.1. The smallest absolute Gasteiger partial charge is 0.387 e. The van der Waals surface area contributed by atoms with E-state index in [1.54, 1.807) is 0 Å². The molecule has 0 saturated carbocycles. The van der Waals surface area contributed by atoms with Gasteiger partial charge in [0.25, 0.3) is 0 Å². The molecule has 2 aromatic rings. The van der Waals surface area contributed by atoms with Gasteiger partial charge in [-0.3, -0.25) is 18.4 Å². The lowest BCUT2D eigenvalue weighted by molar-refractivity contribution is -0.132. The van der Waals surface area contributed by atoms with Gasteiger partial charge in [0.15, 0.2) is 24.0 Å². The van der Waals surface area contributed by atoms with E-state index < -0.39 is 83.8 Å². The van der Waals surface area contributed by atoms with E-state index in [-0.39, 0.29) is 17.0 Å². The SMILES string of the molecule is CC(=O)NC1[C@@H](COP(=O)(O)OP(=O)(O)OC[C@H]2O[C@@H](n3cnc4c(N)ncnc43)C(O)C2O)O[C@@H](O)[C@H]1O. The van der Waals surface area contributed by atoms with Crippen molar-refractivity contribution in [3.05, 3.63) is 12.7 Å². The Bertz CT molecular complexity index is 1300. The zero-order valence-corrected chi connectivity index (χ0v) is 21.7. The minimum Gasteiger partial charge on any atom is -0.387 e. The van der Waals surface area contributed by atoms with Crippen molar-refractivity contribution in [3.63, 3.8) is 0 Å². The van der Waals surface area contributed by atoms with E-state index >= 15 is 0 Å². The lowest BCUT2D eigenvalue weighted by Gasteiger charge is -2.22. The number of carbonyl (C=O) groups excluding carboxylic acids is 1. The number of amides is 1. The topological polar surface area (TPSA) is 300 Å². The predicted octanol–water partition coefficient (Wildman–Crippen LogP) is -3.14. The Morgan fingerprint density at radius 2 is 1.67 bits per heavy atom. The van der Waals surface area contributed by atoms with E-state index in [0.29, 0.717) is 0 Å². The number of phosphoric ester groups is 2. The fraction of sp³-hybridized carbons (Fsp3) is 0.647. The number of nitrogens with two attached hydrogens (primary N) is 1. The summed E-state index contributed by atoms with van der Waals surface area (Å²) in [6.45, 7) is -0.637. The summed E-state index contributed by atoms with van der Waals surface area (Å²) in [7, 11) is -10.7. The van der Waals surface area contributed by atoms with Crippen LogP contribution in [0.5, 0.6) is 0 Å². The molecule has 5 unspecified atom stereocenters. The number of ether oxygens (including phenoxy) is 2. The average molecular weight is 600 g/mol. The molecule has 0 spiro atoms. The number of imidazole rings is 1. The van der Waals surface area contributed by atoms with Crippen LogP contribution in [0.2, 0.25) is 0 Å². The number of aromatic nitrogens is 4. The molecule has 2 aliphatic heterocycles. The molecule has 1 amide bonds. The van der Waals surface area contributed by atoms with Gasteiger partial charge in [-0.05, 0) is 0 Å². The number of nitrogens with one attached hydrogen (secondary N) is 1. The van der Waals surface area contributed by atoms with E-state index in [9.17, 15) is 44.1 Å². The summed E-state index contributed by atoms with van der Waals surface area (Å²) in [6.07, 6.45) is -8.21. The van der Waals surface area contributed by atoms with E-state index in [2.05, 4.69) is 33.6 Å². The highest BCUT2D eigenvalue weighted by molar-refractivity contribution is 7.61. The number of hydrogen-bond donors (Lipinski definition) is 8. The number of aliphatic hydroxyl groups is 4. The highest BCUT2D eigenvalue weighted by Crippen LogP contribution is 2.60. The van der Waals surface area contributed by atoms with Crippen LogP contribution in [0.25, 0.3) is 11.2 Å². The maximum absolute atomic E-state index is 12.3. The fourth-order valence-corrected chi connectivity index (χ4v) is 6.05. The predicted molar refractivity (Wildman–Crippen MR) is 123 cm³/mol. The van der Waals surface area contributed by atoms with Crippen molar-refractivity contribution in [2.24, 2.45) is 0 Å². The Morgan fingerprint density at radius 1 is 1.03 bits per heavy atom. The molecule has 218 valence electrons. The van der Waals surface area contributed by atoms with Gasteiger partial charge < -0.3 is 50.7 Å². The van der Waals surface area contributed by atoms with Crippen molar-refractivity contribution in [1.29, 1.82) is 0 Å². The van der Waals surface area contributed by atoms with Crippen molar-refractivity contribution in [1.82, 2.24) is 24.8 Å². The molecule has 22 heteroatoms. The van der Waals surface area contributed by atoms with Crippen molar-refractivity contribution in [3.8, 4) is 0 Å². The molecule has 0 bridgehead atoms. The minimum absolute atomic E-state index is 0.0539. The van der Waals surface area contributed by atoms with Crippen LogP contribution in [0.15, 0.2) is 12.7 Å². The molecule has 0 aromatic carbocycles. The van der Waals surface area contributed by atoms with Crippen LogP contribution in [0.3, 0.4) is 0 Å². The molecule has 2 fully saturated rings. The summed E-state index contributed by atoms with van der Waals surface area (Å²) in [5.41, 5.74) is 6.09. The Labute approximate surface area is 218 Å². The van der Waals surface area contributed by atoms with Gasteiger partial charge >= 0.3 is 15.6 Å². The quantitative estimate of drug-likeness (QED) is 0.125. The molecule has 4 heterocycles. The second-order valence-corrected chi connectivity index (χ2v) is 11.6. The summed E-state index contributed by atoms with van der Waals surface area (Å²) < 4.78 is 49.7. The van der Waals surface area contributed by atoms with Crippen LogP contribution in [-0.2, 0) is 36.8 Å². The lowest BCUT2D eigenvalue weighted by Crippen LogP contribution is -2.48. The van der Waals surface area contributed by atoms with Gasteiger partial charge in [0.05, 0.1) is 25.6 Å². The number of rotatable bonds is 10. The molecule has 9 N–H and O–H groups in total. The molecule has 39 heavy (non-hydrogen) atoms. The molecular weight excluding hydrogens is 574 g/mol. The van der Waals surface area contributed by atoms with E-state index in [4.69, 9.17) is 15.2 Å². The number of anilines is 1. The summed E-state index contributed by atoms with van der Waals surface area (Å²) in [4.78, 5) is 42.9. The number of nitrogen functional groups attached to an aromatic ring is 1. The molecule has 0 aliphatic carbocycles. The molecular formula is C17H26N6O14P2. The van der Waals surface area contributed by atoms with Gasteiger partial charge in [0, 0.05) is 6.92 Å². The molecule has 10 atom stereocenters. The number of phosphoric acid groups is 2. The van der Waals surface area contributed by atoms with Crippen molar-refractivity contribution < 1.29 is 67.0 Å². The van der Waals surface area contributed by atoms with Crippen molar-refractivity contribution >= 4 is 38.5 Å². The first-order valence-electron chi connectivity index (χ1n) is 11.1. The van der Waals surface area contributed by atoms with Crippen LogP contribution in [0.1, 0.15) is 13.2 Å². The Balaban J connectivity index is 1.34. The number of aliphatic hydroxyl groups excluding tert-OH is 4. The summed E-state index contributed by atoms with van der Waals surface area (Å²) in [6, 6.07) is -1.23. The van der Waals surface area contributed by atoms with Crippen molar-refractivity contribution in [2.75, 3.05) is 18.9 Å². The van der Waals surface area contributed by atoms with E-state index in [1.165, 1.54) is 10.9 Å². The monoisotopic (exact) mass is 600 g/mol. The summed E-state index contributed by atoms with van der Waals surface area (Å²) in [5.74, 6) is -0.557. The number of hydrogen-bond acceptors (Lipinski definition) is 16. The summed E-state index contributed by atoms with van der Waals surface area (Å²) in [5, 5.41) is 42.5. The maximum Gasteiger partial charge on any atom is 0.481 e. The molecule has 2 saturated heterocycles. The van der Waals surface area contributed by atoms with Gasteiger partial charge in [-0.1, -0.05) is 0 Å². The van der Waals surface area contributed by atoms with Crippen LogP contribution < -0.4 is 11.1 Å². The van der Waals surface area contributed by atoms with Gasteiger partial charge in [-0.2, -0.15) is 4.31 Å². The second-order valence-electron chi connectivity index (χ2n) is 8.52. The number of carbonyl (C=O) groups is 1. The Kier molecular flexibility index (Phi) is 8.70. The highest BCUT2D eigenvalue weighted by Gasteiger charge is 2.47. The van der Waals surface area contributed by atoms with E-state index in [0.717, 1.165) is 13.3 Å². The Hall–Kier alpha value is -2.16. The van der Waals surface area contributed by atoms with Crippen LogP contribution in [0.4, 0.5) is 5.82 Å². The third kappa shape index (κ3) is 6.60. The standard InChI is InChI=1S/C17H26N6O14P2/c1-6(24)22-9-7(36-17(28)12(9)26)2-33-38(29,30)37-39(31,32)34-3-8-11(25)13(27)16(35-8)23-5-21-10-14(18)19-4-20-15(10)23/h4-5,7-9,11-13,16-17,25-28H,2-3H2,1H3,(H,22,24)(H,29,30)(H,31,32)(H2,18,19,20)/t7-,8-,9?,11?,12+,13?,16-,17-/m1/s1. The van der Waals surface area contributed by atoms with E-state index in [1.807, 2.05) is 0 Å². The van der Waals surface area contributed by atoms with Gasteiger partial charge in [-0.25, -0.2) is 24.1 Å². The molecule has 0 radical (unpaired) electrons.